The number of rotatable bonds is 5. The number of ketones is 1. The standard InChI is InChI=1S/C20H19N3O2/c1-2-15(24)10-13-5-3-6-14(9-13)19-18-16(17-7-4-8-25-17)11-21-20(18)23-12-22-19/h2,4,6-8,11-13H,1,3,5,9-10H2,(H,21,22,23)/t13-/m1/s1. The molecule has 1 N–H and O–H groups in total. The van der Waals surface area contributed by atoms with Crippen molar-refractivity contribution in [3.8, 4) is 11.3 Å². The molecule has 1 aliphatic carbocycles. The van der Waals surface area contributed by atoms with E-state index in [4.69, 9.17) is 4.42 Å². The number of nitrogens with zero attached hydrogens (tertiary/aromatic N) is 2. The van der Waals surface area contributed by atoms with E-state index in [-0.39, 0.29) is 5.78 Å². The number of aromatic amines is 1. The molecule has 3 heterocycles. The van der Waals surface area contributed by atoms with Crippen molar-refractivity contribution in [1.29, 1.82) is 0 Å². The van der Waals surface area contributed by atoms with Gasteiger partial charge in [-0.2, -0.15) is 0 Å². The number of aromatic nitrogens is 3. The summed E-state index contributed by atoms with van der Waals surface area (Å²) in [6, 6.07) is 3.80. The molecule has 0 fully saturated rings. The fraction of sp³-hybridized carbons (Fsp3) is 0.250. The maximum Gasteiger partial charge on any atom is 0.155 e. The van der Waals surface area contributed by atoms with Gasteiger partial charge in [0.2, 0.25) is 0 Å². The molecular weight excluding hydrogens is 314 g/mol. The van der Waals surface area contributed by atoms with Crippen LogP contribution in [0.3, 0.4) is 0 Å². The van der Waals surface area contributed by atoms with Crippen LogP contribution in [-0.2, 0) is 4.79 Å². The highest BCUT2D eigenvalue weighted by Gasteiger charge is 2.23. The molecule has 0 amide bonds. The second-order valence-corrected chi connectivity index (χ2v) is 6.38. The number of allylic oxidation sites excluding steroid dienone is 3. The van der Waals surface area contributed by atoms with Crippen molar-refractivity contribution in [2.24, 2.45) is 5.92 Å². The van der Waals surface area contributed by atoms with Gasteiger partial charge in [-0.1, -0.05) is 12.7 Å². The predicted molar refractivity (Wildman–Crippen MR) is 96.7 cm³/mol. The molecule has 126 valence electrons. The summed E-state index contributed by atoms with van der Waals surface area (Å²) < 4.78 is 5.57. The van der Waals surface area contributed by atoms with Gasteiger partial charge in [0, 0.05) is 18.2 Å². The van der Waals surface area contributed by atoms with Gasteiger partial charge in [0.1, 0.15) is 17.7 Å². The first-order valence-corrected chi connectivity index (χ1v) is 8.47. The molecule has 1 atom stereocenters. The Balaban J connectivity index is 1.74. The van der Waals surface area contributed by atoms with Gasteiger partial charge in [-0.15, -0.1) is 0 Å². The number of H-pyrrole nitrogens is 1. The van der Waals surface area contributed by atoms with Gasteiger partial charge >= 0.3 is 0 Å². The van der Waals surface area contributed by atoms with Crippen molar-refractivity contribution in [3.63, 3.8) is 0 Å². The first kappa shape index (κ1) is 15.6. The molecular formula is C20H19N3O2. The summed E-state index contributed by atoms with van der Waals surface area (Å²) in [5, 5.41) is 0.972. The molecule has 4 rings (SSSR count). The lowest BCUT2D eigenvalue weighted by Crippen LogP contribution is -2.11. The molecule has 1 aliphatic rings. The predicted octanol–water partition coefficient (Wildman–Crippen LogP) is 4.55. The first-order valence-electron chi connectivity index (χ1n) is 8.47. The zero-order valence-corrected chi connectivity index (χ0v) is 13.9. The van der Waals surface area contributed by atoms with Gasteiger partial charge in [0.15, 0.2) is 5.78 Å². The minimum Gasteiger partial charge on any atom is -0.464 e. The van der Waals surface area contributed by atoms with Crippen molar-refractivity contribution in [3.05, 3.63) is 55.3 Å². The van der Waals surface area contributed by atoms with E-state index in [9.17, 15) is 4.79 Å². The fourth-order valence-corrected chi connectivity index (χ4v) is 3.56. The summed E-state index contributed by atoms with van der Waals surface area (Å²) in [6.07, 6.45) is 12.2. The van der Waals surface area contributed by atoms with Gasteiger partial charge in [-0.25, -0.2) is 9.97 Å². The smallest absolute Gasteiger partial charge is 0.155 e. The Kier molecular flexibility index (Phi) is 4.06. The van der Waals surface area contributed by atoms with Crippen LogP contribution in [-0.4, -0.2) is 20.7 Å². The van der Waals surface area contributed by atoms with Gasteiger partial charge in [0.25, 0.3) is 0 Å². The molecule has 3 aromatic heterocycles. The summed E-state index contributed by atoms with van der Waals surface area (Å²) in [5.41, 5.74) is 3.85. The highest BCUT2D eigenvalue weighted by atomic mass is 16.3. The molecule has 0 aromatic carbocycles. The number of fused-ring (bicyclic) bond motifs is 1. The summed E-state index contributed by atoms with van der Waals surface area (Å²) in [7, 11) is 0. The number of carbonyl (C=O) groups is 1. The summed E-state index contributed by atoms with van der Waals surface area (Å²) in [4.78, 5) is 23.8. The SMILES string of the molecule is C=CC(=O)C[C@@H]1CCC=C(c2ncnc3[nH]cc(-c4ccco4)c23)C1. The Bertz CT molecular complexity index is 951. The average molecular weight is 333 g/mol. The third-order valence-corrected chi connectivity index (χ3v) is 4.75. The van der Waals surface area contributed by atoms with Crippen LogP contribution in [0.25, 0.3) is 27.9 Å². The monoisotopic (exact) mass is 333 g/mol. The van der Waals surface area contributed by atoms with Crippen LogP contribution < -0.4 is 0 Å². The maximum atomic E-state index is 11.7. The Hall–Kier alpha value is -2.95. The molecule has 0 radical (unpaired) electrons. The summed E-state index contributed by atoms with van der Waals surface area (Å²) in [6.45, 7) is 3.58. The van der Waals surface area contributed by atoms with Crippen LogP contribution in [0.2, 0.25) is 0 Å². The number of carbonyl (C=O) groups excluding carboxylic acids is 1. The first-order chi connectivity index (χ1) is 12.3. The largest absolute Gasteiger partial charge is 0.464 e. The lowest BCUT2D eigenvalue weighted by molar-refractivity contribution is -0.115. The second-order valence-electron chi connectivity index (χ2n) is 6.38. The van der Waals surface area contributed by atoms with E-state index < -0.39 is 0 Å². The molecule has 0 saturated heterocycles. The zero-order chi connectivity index (χ0) is 17.2. The lowest BCUT2D eigenvalue weighted by Gasteiger charge is -2.22. The van der Waals surface area contributed by atoms with E-state index in [2.05, 4.69) is 27.6 Å². The number of hydrogen-bond donors (Lipinski definition) is 1. The Morgan fingerprint density at radius 3 is 3.16 bits per heavy atom. The van der Waals surface area contributed by atoms with Gasteiger partial charge in [-0.05, 0) is 49.0 Å². The zero-order valence-electron chi connectivity index (χ0n) is 13.9. The van der Waals surface area contributed by atoms with Crippen LogP contribution >= 0.6 is 0 Å². The van der Waals surface area contributed by atoms with Crippen LogP contribution in [0.15, 0.2) is 54.1 Å². The maximum absolute atomic E-state index is 11.7. The Morgan fingerprint density at radius 2 is 2.36 bits per heavy atom. The minimum absolute atomic E-state index is 0.108. The molecule has 25 heavy (non-hydrogen) atoms. The Labute approximate surface area is 145 Å². The summed E-state index contributed by atoms with van der Waals surface area (Å²) >= 11 is 0. The number of hydrogen-bond acceptors (Lipinski definition) is 4. The van der Waals surface area contributed by atoms with Crippen LogP contribution in [0.4, 0.5) is 0 Å². The Morgan fingerprint density at radius 1 is 1.44 bits per heavy atom. The van der Waals surface area contributed by atoms with Crippen LogP contribution in [0.1, 0.15) is 31.4 Å². The van der Waals surface area contributed by atoms with Gasteiger partial charge in [-0.3, -0.25) is 4.79 Å². The van der Waals surface area contributed by atoms with Crippen LogP contribution in [0.5, 0.6) is 0 Å². The molecule has 5 heteroatoms. The molecule has 0 aliphatic heterocycles. The quantitative estimate of drug-likeness (QED) is 0.695. The van der Waals surface area contributed by atoms with Crippen molar-refractivity contribution in [1.82, 2.24) is 15.0 Å². The van der Waals surface area contributed by atoms with Gasteiger partial charge in [0.05, 0.1) is 17.3 Å². The van der Waals surface area contributed by atoms with Gasteiger partial charge < -0.3 is 9.40 Å². The third-order valence-electron chi connectivity index (χ3n) is 4.75. The van der Waals surface area contributed by atoms with E-state index in [0.717, 1.165) is 47.3 Å². The molecule has 5 nitrogen and oxygen atoms in total. The van der Waals surface area contributed by atoms with E-state index >= 15 is 0 Å². The van der Waals surface area contributed by atoms with Crippen molar-refractivity contribution in [2.45, 2.75) is 25.7 Å². The average Bonchev–Trinajstić information content (AvgIpc) is 3.30. The molecule has 0 bridgehead atoms. The number of furan rings is 1. The molecule has 0 unspecified atom stereocenters. The molecule has 3 aromatic rings. The van der Waals surface area contributed by atoms with Crippen molar-refractivity contribution in [2.75, 3.05) is 0 Å². The normalized spacial score (nSPS) is 17.4. The highest BCUT2D eigenvalue weighted by Crippen LogP contribution is 2.38. The topological polar surface area (TPSA) is 71.8 Å². The van der Waals surface area contributed by atoms with E-state index in [0.29, 0.717) is 12.3 Å². The third kappa shape index (κ3) is 2.93. The lowest BCUT2D eigenvalue weighted by atomic mass is 9.83. The number of nitrogens with one attached hydrogen (secondary N) is 1. The fourth-order valence-electron chi connectivity index (χ4n) is 3.56. The van der Waals surface area contributed by atoms with E-state index in [1.54, 1.807) is 12.6 Å². The molecule has 0 saturated carbocycles. The second kappa shape index (κ2) is 6.51. The summed E-state index contributed by atoms with van der Waals surface area (Å²) in [5.74, 6) is 1.23. The van der Waals surface area contributed by atoms with Crippen molar-refractivity contribution < 1.29 is 9.21 Å². The van der Waals surface area contributed by atoms with Crippen molar-refractivity contribution >= 4 is 22.4 Å². The minimum atomic E-state index is 0.108. The molecule has 0 spiro atoms. The van der Waals surface area contributed by atoms with E-state index in [1.165, 1.54) is 11.6 Å². The van der Waals surface area contributed by atoms with E-state index in [1.807, 2.05) is 18.3 Å². The van der Waals surface area contributed by atoms with Crippen LogP contribution in [0, 0.1) is 5.92 Å². The highest BCUT2D eigenvalue weighted by molar-refractivity contribution is 5.99.